The van der Waals surface area contributed by atoms with Crippen LogP contribution in [0.5, 0.6) is 0 Å². The first-order valence-corrected chi connectivity index (χ1v) is 6.75. The molecule has 0 saturated heterocycles. The van der Waals surface area contributed by atoms with E-state index in [1.807, 2.05) is 24.0 Å². The van der Waals surface area contributed by atoms with Gasteiger partial charge in [-0.15, -0.1) is 0 Å². The summed E-state index contributed by atoms with van der Waals surface area (Å²) in [5.41, 5.74) is 8.10. The number of anilines is 1. The van der Waals surface area contributed by atoms with Crippen LogP contribution in [0.3, 0.4) is 0 Å². The van der Waals surface area contributed by atoms with Crippen LogP contribution in [-0.2, 0) is 11.2 Å². The molecule has 18 heavy (non-hydrogen) atoms. The number of benzene rings is 1. The fraction of sp³-hybridized carbons (Fsp3) is 0.533. The van der Waals surface area contributed by atoms with Crippen LogP contribution in [0.4, 0.5) is 5.69 Å². The van der Waals surface area contributed by atoms with E-state index in [1.165, 1.54) is 5.56 Å². The highest BCUT2D eigenvalue weighted by molar-refractivity contribution is 5.95. The predicted molar refractivity (Wildman–Crippen MR) is 74.6 cm³/mol. The fourth-order valence-electron chi connectivity index (χ4n) is 2.54. The zero-order chi connectivity index (χ0) is 13.1. The van der Waals surface area contributed by atoms with Crippen molar-refractivity contribution in [2.45, 2.75) is 51.6 Å². The number of rotatable bonds is 3. The van der Waals surface area contributed by atoms with Gasteiger partial charge in [0.25, 0.3) is 0 Å². The van der Waals surface area contributed by atoms with E-state index in [-0.39, 0.29) is 11.9 Å². The molecule has 1 heterocycles. The van der Waals surface area contributed by atoms with Crippen LogP contribution in [0.15, 0.2) is 24.3 Å². The van der Waals surface area contributed by atoms with Crippen LogP contribution in [0, 0.1) is 0 Å². The van der Waals surface area contributed by atoms with E-state index in [0.717, 1.165) is 24.9 Å². The lowest BCUT2D eigenvalue weighted by molar-refractivity contribution is -0.119. The van der Waals surface area contributed by atoms with Gasteiger partial charge in [0.1, 0.15) is 0 Å². The molecule has 0 fully saturated rings. The zero-order valence-electron chi connectivity index (χ0n) is 11.2. The standard InChI is InChI=1S/C15H22N2O/c1-11(16)7-10-15(18)17-12(2)8-9-13-5-3-4-6-14(13)17/h3-6,11-12H,7-10,16H2,1-2H3. The molecule has 0 spiro atoms. The number of carbonyl (C=O) groups excluding carboxylic acids is 1. The van der Waals surface area contributed by atoms with Gasteiger partial charge in [-0.2, -0.15) is 0 Å². The van der Waals surface area contributed by atoms with Crippen molar-refractivity contribution in [1.29, 1.82) is 0 Å². The molecule has 3 heteroatoms. The van der Waals surface area contributed by atoms with Gasteiger partial charge in [0.05, 0.1) is 0 Å². The Labute approximate surface area is 109 Å². The van der Waals surface area contributed by atoms with Crippen LogP contribution in [0.1, 0.15) is 38.7 Å². The summed E-state index contributed by atoms with van der Waals surface area (Å²) < 4.78 is 0. The predicted octanol–water partition coefficient (Wildman–Crippen LogP) is 2.48. The van der Waals surface area contributed by atoms with Gasteiger partial charge in [0, 0.05) is 24.2 Å². The van der Waals surface area contributed by atoms with E-state index >= 15 is 0 Å². The second-order valence-corrected chi connectivity index (χ2v) is 5.30. The lowest BCUT2D eigenvalue weighted by Crippen LogP contribution is -2.42. The molecule has 2 unspecified atom stereocenters. The Morgan fingerprint density at radius 2 is 2.22 bits per heavy atom. The van der Waals surface area contributed by atoms with Crippen LogP contribution < -0.4 is 10.6 Å². The number of amides is 1. The molecule has 0 bridgehead atoms. The molecule has 0 saturated carbocycles. The lowest BCUT2D eigenvalue weighted by atomic mass is 9.96. The maximum absolute atomic E-state index is 12.3. The molecule has 2 N–H and O–H groups in total. The first kappa shape index (κ1) is 13.1. The first-order chi connectivity index (χ1) is 8.59. The molecular weight excluding hydrogens is 224 g/mol. The van der Waals surface area contributed by atoms with Gasteiger partial charge in [0.15, 0.2) is 0 Å². The second kappa shape index (κ2) is 5.53. The third-order valence-corrected chi connectivity index (χ3v) is 3.61. The maximum atomic E-state index is 12.3. The molecule has 0 aliphatic carbocycles. The van der Waals surface area contributed by atoms with Gasteiger partial charge in [-0.25, -0.2) is 0 Å². The number of nitrogens with zero attached hydrogens (tertiary/aromatic N) is 1. The molecule has 3 nitrogen and oxygen atoms in total. The van der Waals surface area contributed by atoms with E-state index in [1.54, 1.807) is 0 Å². The van der Waals surface area contributed by atoms with E-state index < -0.39 is 0 Å². The van der Waals surface area contributed by atoms with Gasteiger partial charge in [0.2, 0.25) is 5.91 Å². The molecule has 0 radical (unpaired) electrons. The van der Waals surface area contributed by atoms with Crippen LogP contribution in [0.2, 0.25) is 0 Å². The number of carbonyl (C=O) groups is 1. The Balaban J connectivity index is 2.18. The number of nitrogens with two attached hydrogens (primary N) is 1. The molecule has 1 amide bonds. The number of hydrogen-bond acceptors (Lipinski definition) is 2. The number of para-hydroxylation sites is 1. The molecular formula is C15H22N2O. The normalized spacial score (nSPS) is 20.4. The lowest BCUT2D eigenvalue weighted by Gasteiger charge is -2.35. The van der Waals surface area contributed by atoms with Crippen molar-refractivity contribution in [1.82, 2.24) is 0 Å². The van der Waals surface area contributed by atoms with Crippen LogP contribution in [0.25, 0.3) is 0 Å². The largest absolute Gasteiger partial charge is 0.328 e. The molecule has 98 valence electrons. The second-order valence-electron chi connectivity index (χ2n) is 5.30. The number of hydrogen-bond donors (Lipinski definition) is 1. The quantitative estimate of drug-likeness (QED) is 0.890. The Morgan fingerprint density at radius 1 is 1.50 bits per heavy atom. The Hall–Kier alpha value is -1.35. The summed E-state index contributed by atoms with van der Waals surface area (Å²) in [7, 11) is 0. The van der Waals surface area contributed by atoms with E-state index in [2.05, 4.69) is 19.1 Å². The van der Waals surface area contributed by atoms with E-state index in [9.17, 15) is 4.79 Å². The van der Waals surface area contributed by atoms with Crippen LogP contribution in [-0.4, -0.2) is 18.0 Å². The minimum Gasteiger partial charge on any atom is -0.328 e. The fourth-order valence-corrected chi connectivity index (χ4v) is 2.54. The SMILES string of the molecule is CC(N)CCC(=O)N1c2ccccc2CCC1C. The Morgan fingerprint density at radius 3 is 2.94 bits per heavy atom. The van der Waals surface area contributed by atoms with Crippen molar-refractivity contribution in [3.8, 4) is 0 Å². The Kier molecular flexibility index (Phi) is 4.02. The molecule has 0 aromatic heterocycles. The smallest absolute Gasteiger partial charge is 0.227 e. The highest BCUT2D eigenvalue weighted by atomic mass is 16.2. The van der Waals surface area contributed by atoms with E-state index in [0.29, 0.717) is 12.5 Å². The van der Waals surface area contributed by atoms with Crippen LogP contribution >= 0.6 is 0 Å². The average molecular weight is 246 g/mol. The summed E-state index contributed by atoms with van der Waals surface area (Å²) in [6.45, 7) is 4.07. The summed E-state index contributed by atoms with van der Waals surface area (Å²) in [5, 5.41) is 0. The minimum absolute atomic E-state index is 0.0873. The van der Waals surface area contributed by atoms with Gasteiger partial charge < -0.3 is 10.6 Å². The number of fused-ring (bicyclic) bond motifs is 1. The summed E-state index contributed by atoms with van der Waals surface area (Å²) >= 11 is 0. The van der Waals surface area contributed by atoms with Gasteiger partial charge in [-0.05, 0) is 44.7 Å². The van der Waals surface area contributed by atoms with Crippen molar-refractivity contribution < 1.29 is 4.79 Å². The summed E-state index contributed by atoms with van der Waals surface area (Å²) in [4.78, 5) is 14.3. The molecule has 2 atom stereocenters. The molecule has 2 rings (SSSR count). The highest BCUT2D eigenvalue weighted by Crippen LogP contribution is 2.31. The zero-order valence-corrected chi connectivity index (χ0v) is 11.2. The number of aryl methyl sites for hydroxylation is 1. The topological polar surface area (TPSA) is 46.3 Å². The summed E-state index contributed by atoms with van der Waals surface area (Å²) in [6, 6.07) is 8.59. The molecule has 1 aliphatic heterocycles. The van der Waals surface area contributed by atoms with Crippen molar-refractivity contribution in [3.63, 3.8) is 0 Å². The van der Waals surface area contributed by atoms with Crippen molar-refractivity contribution in [2.75, 3.05) is 4.90 Å². The summed E-state index contributed by atoms with van der Waals surface area (Å²) in [6.07, 6.45) is 3.40. The minimum atomic E-state index is 0.0873. The maximum Gasteiger partial charge on any atom is 0.227 e. The third-order valence-electron chi connectivity index (χ3n) is 3.61. The van der Waals surface area contributed by atoms with Crippen molar-refractivity contribution >= 4 is 11.6 Å². The first-order valence-electron chi connectivity index (χ1n) is 6.75. The monoisotopic (exact) mass is 246 g/mol. The molecule has 1 aromatic carbocycles. The van der Waals surface area contributed by atoms with Gasteiger partial charge in [-0.1, -0.05) is 18.2 Å². The van der Waals surface area contributed by atoms with Crippen molar-refractivity contribution in [3.05, 3.63) is 29.8 Å². The average Bonchev–Trinajstić information content (AvgIpc) is 2.36. The third kappa shape index (κ3) is 2.72. The van der Waals surface area contributed by atoms with E-state index in [4.69, 9.17) is 5.73 Å². The van der Waals surface area contributed by atoms with Gasteiger partial charge >= 0.3 is 0 Å². The summed E-state index contributed by atoms with van der Waals surface area (Å²) in [5.74, 6) is 0.201. The Bertz CT molecular complexity index is 428. The highest BCUT2D eigenvalue weighted by Gasteiger charge is 2.27. The molecule has 1 aromatic rings. The van der Waals surface area contributed by atoms with Gasteiger partial charge in [-0.3, -0.25) is 4.79 Å². The molecule has 1 aliphatic rings. The van der Waals surface area contributed by atoms with Crippen molar-refractivity contribution in [2.24, 2.45) is 5.73 Å².